The Hall–Kier alpha value is -4.21. The minimum atomic E-state index is -0.560. The summed E-state index contributed by atoms with van der Waals surface area (Å²) < 4.78 is 9.43. The summed E-state index contributed by atoms with van der Waals surface area (Å²) in [7, 11) is 0. The topological polar surface area (TPSA) is 22.2 Å². The van der Waals surface area contributed by atoms with Gasteiger partial charge in [0, 0.05) is 0 Å². The predicted octanol–water partition coefficient (Wildman–Crippen LogP) is 6.41. The molecule has 5 aliphatic rings. The summed E-state index contributed by atoms with van der Waals surface area (Å²) in [5.74, 6) is 1.70. The molecule has 4 heterocycles. The summed E-state index contributed by atoms with van der Waals surface area (Å²) in [6, 6.07) is 35.2. The normalized spacial score (nSPS) is 20.0. The number of benzene rings is 4. The molecule has 4 aliphatic heterocycles. The molecule has 6 bridgehead atoms. The molecule has 0 aromatic heterocycles. The van der Waals surface area contributed by atoms with Crippen molar-refractivity contribution < 1.29 is 22.4 Å². The van der Waals surface area contributed by atoms with Gasteiger partial charge in [-0.25, -0.2) is 0 Å². The number of fused-ring (bicyclic) bond motifs is 11. The van der Waals surface area contributed by atoms with Gasteiger partial charge >= 0.3 is 249 Å². The van der Waals surface area contributed by atoms with Crippen LogP contribution in [-0.2, 0) is 28.7 Å². The molecule has 0 radical (unpaired) electrons. The van der Waals surface area contributed by atoms with Gasteiger partial charge in [-0.3, -0.25) is 0 Å². The predicted molar refractivity (Wildman–Crippen MR) is 158 cm³/mol. The molecule has 0 unspecified atom stereocenters. The van der Waals surface area contributed by atoms with E-state index in [-0.39, 0.29) is 5.54 Å². The fourth-order valence-electron chi connectivity index (χ4n) is 6.96. The average Bonchev–Trinajstić information content (AvgIpc) is 3.69. The average molecular weight is 716 g/mol. The van der Waals surface area contributed by atoms with E-state index in [9.17, 15) is 0 Å². The van der Waals surface area contributed by atoms with Crippen molar-refractivity contribution >= 4 is 8.29 Å². The molecule has 1 spiro atoms. The second-order valence-electron chi connectivity index (χ2n) is 11.5. The summed E-state index contributed by atoms with van der Waals surface area (Å²) >= 11 is -0.560. The first-order chi connectivity index (χ1) is 20.0. The van der Waals surface area contributed by atoms with E-state index >= 15 is 0 Å². The fraction of sp³-hybridized carbons (Fsp3) is 0.143. The van der Waals surface area contributed by atoms with Gasteiger partial charge in [0.2, 0.25) is 0 Å². The standard InChI is InChI=1S/C35H28N4O.Pt/c1-34(2)26-9-7-11-28(21-26)40-29-12-8-10-27(22-29)35(39-20-18-37(25-39)23-36-17-19-38(34)24-36)32-15-5-3-13-30(32)31-14-4-6-16-33(31)35;/h3-22H,23H2,1-2H3;. The second-order valence-corrected chi connectivity index (χ2v) is 14.1. The Balaban J connectivity index is 1.41. The van der Waals surface area contributed by atoms with Crippen molar-refractivity contribution in [1.29, 1.82) is 0 Å². The molecule has 6 heteroatoms. The number of nitrogens with zero attached hydrogens (tertiary/aromatic N) is 4. The quantitative estimate of drug-likeness (QED) is 0.210. The van der Waals surface area contributed by atoms with Crippen molar-refractivity contribution in [2.75, 3.05) is 6.67 Å². The molecule has 204 valence electrons. The Morgan fingerprint density at radius 3 is 1.85 bits per heavy atom. The maximum absolute atomic E-state index is 6.63. The van der Waals surface area contributed by atoms with Crippen LogP contribution in [0.15, 0.2) is 122 Å². The molecule has 5 nitrogen and oxygen atoms in total. The number of hydrogen-bond acceptors (Lipinski definition) is 5. The van der Waals surface area contributed by atoms with Crippen LogP contribution < -0.4 is 4.74 Å². The van der Waals surface area contributed by atoms with Crippen LogP contribution in [0.3, 0.4) is 0 Å². The zero-order chi connectivity index (χ0) is 27.3. The number of hydrogen-bond donors (Lipinski definition) is 0. The van der Waals surface area contributed by atoms with Crippen LogP contribution in [0.4, 0.5) is 0 Å². The van der Waals surface area contributed by atoms with Gasteiger partial charge < -0.3 is 0 Å². The summed E-state index contributed by atoms with van der Waals surface area (Å²) in [5, 5.41) is 0. The van der Waals surface area contributed by atoms with Crippen molar-refractivity contribution in [3.05, 3.63) is 144 Å². The Morgan fingerprint density at radius 1 is 0.610 bits per heavy atom. The molecule has 0 N–H and O–H groups in total. The molecule has 0 atom stereocenters. The van der Waals surface area contributed by atoms with E-state index in [0.29, 0.717) is 0 Å². The van der Waals surface area contributed by atoms with Gasteiger partial charge in [-0.05, 0) is 0 Å². The summed E-state index contributed by atoms with van der Waals surface area (Å²) in [4.78, 5) is 9.97. The van der Waals surface area contributed by atoms with Gasteiger partial charge in [-0.2, -0.15) is 0 Å². The molecule has 0 amide bonds. The number of rotatable bonds is 0. The molecule has 9 rings (SSSR count). The van der Waals surface area contributed by atoms with E-state index in [1.165, 1.54) is 41.7 Å². The molecule has 41 heavy (non-hydrogen) atoms. The molecule has 0 saturated heterocycles. The molecule has 0 saturated carbocycles. The van der Waals surface area contributed by atoms with Crippen LogP contribution in [0.25, 0.3) is 11.1 Å². The van der Waals surface area contributed by atoms with E-state index in [1.54, 1.807) is 0 Å². The Kier molecular flexibility index (Phi) is 4.68. The first-order valence-corrected chi connectivity index (χ1v) is 16.2. The van der Waals surface area contributed by atoms with Crippen LogP contribution in [0.2, 0.25) is 0 Å². The molecular weight excluding hydrogens is 687 g/mol. The van der Waals surface area contributed by atoms with Crippen LogP contribution in [0.1, 0.15) is 36.1 Å². The monoisotopic (exact) mass is 715 g/mol. The molecular formula is C35H28N4OPt. The Bertz CT molecular complexity index is 1870. The summed E-state index contributed by atoms with van der Waals surface area (Å²) in [6.45, 7) is 5.44. The van der Waals surface area contributed by atoms with E-state index in [1.807, 2.05) is 0 Å². The first kappa shape index (κ1) is 23.5. The zero-order valence-corrected chi connectivity index (χ0v) is 25.0. The fourth-order valence-corrected chi connectivity index (χ4v) is 10.6. The van der Waals surface area contributed by atoms with Crippen molar-refractivity contribution in [3.63, 3.8) is 0 Å². The van der Waals surface area contributed by atoms with E-state index in [2.05, 4.69) is 155 Å². The van der Waals surface area contributed by atoms with Crippen LogP contribution in [-0.4, -0.2) is 34.6 Å². The third-order valence-electron chi connectivity index (χ3n) is 8.96. The van der Waals surface area contributed by atoms with Crippen LogP contribution in [0.5, 0.6) is 11.5 Å². The molecule has 4 aromatic rings. The molecule has 4 aromatic carbocycles. The third kappa shape index (κ3) is 3.05. The van der Waals surface area contributed by atoms with Gasteiger partial charge in [-0.1, -0.05) is 0 Å². The number of ether oxygens (including phenoxy) is 1. The summed E-state index contributed by atoms with van der Waals surface area (Å²) in [6.07, 6.45) is 9.12. The van der Waals surface area contributed by atoms with E-state index < -0.39 is 23.2 Å². The van der Waals surface area contributed by atoms with Crippen molar-refractivity contribution in [3.8, 4) is 22.6 Å². The van der Waals surface area contributed by atoms with Crippen LogP contribution >= 0.6 is 0 Å². The van der Waals surface area contributed by atoms with Gasteiger partial charge in [0.15, 0.2) is 0 Å². The Morgan fingerprint density at radius 2 is 1.17 bits per heavy atom. The molecule has 1 aliphatic carbocycles. The van der Waals surface area contributed by atoms with Crippen molar-refractivity contribution in [2.24, 2.45) is 0 Å². The van der Waals surface area contributed by atoms with E-state index in [4.69, 9.17) is 4.74 Å². The molecule has 0 fully saturated rings. The third-order valence-corrected chi connectivity index (χ3v) is 12.4. The van der Waals surface area contributed by atoms with Gasteiger partial charge in [0.1, 0.15) is 0 Å². The second kappa shape index (κ2) is 8.17. The zero-order valence-electron chi connectivity index (χ0n) is 22.8. The van der Waals surface area contributed by atoms with Crippen molar-refractivity contribution in [1.82, 2.24) is 19.6 Å². The minimum absolute atomic E-state index is 0.240. The Labute approximate surface area is 247 Å². The van der Waals surface area contributed by atoms with Crippen molar-refractivity contribution in [2.45, 2.75) is 24.9 Å². The maximum atomic E-state index is 6.63. The van der Waals surface area contributed by atoms with E-state index in [0.717, 1.165) is 18.2 Å². The van der Waals surface area contributed by atoms with Gasteiger partial charge in [0.05, 0.1) is 0 Å². The van der Waals surface area contributed by atoms with Gasteiger partial charge in [0.25, 0.3) is 0 Å². The SMILES string of the molecule is CC1(C)c2cccc(c2)Oc2cccc(c2)C2(c3ccccc3-c3ccccc32)N2C=CN3CN4C=CN1[C]4=[Pt]=[C]32. The summed E-state index contributed by atoms with van der Waals surface area (Å²) in [5.41, 5.74) is 6.89. The van der Waals surface area contributed by atoms with Crippen LogP contribution in [0, 0.1) is 0 Å². The van der Waals surface area contributed by atoms with Gasteiger partial charge in [-0.15, -0.1) is 0 Å². The first-order valence-electron chi connectivity index (χ1n) is 13.9.